The van der Waals surface area contributed by atoms with Crippen molar-refractivity contribution in [2.45, 2.75) is 19.6 Å². The fraction of sp³-hybridized carbons (Fsp3) is 0.167. The maximum Gasteiger partial charge on any atom is 0.260 e. The van der Waals surface area contributed by atoms with Gasteiger partial charge in [0.15, 0.2) is 9.84 Å². The first kappa shape index (κ1) is 17.9. The number of carbonyl (C=O) groups is 1. The Morgan fingerprint density at radius 1 is 1.12 bits per heavy atom. The van der Waals surface area contributed by atoms with Gasteiger partial charge in [-0.3, -0.25) is 4.79 Å². The average molecular weight is 347 g/mol. The van der Waals surface area contributed by atoms with Crippen molar-refractivity contribution in [2.24, 2.45) is 5.73 Å². The van der Waals surface area contributed by atoms with E-state index >= 15 is 0 Å². The van der Waals surface area contributed by atoms with Crippen molar-refractivity contribution in [3.63, 3.8) is 0 Å². The molecule has 24 heavy (non-hydrogen) atoms. The molecule has 0 bridgehead atoms. The molecular formula is C18H18FNO3S. The summed E-state index contributed by atoms with van der Waals surface area (Å²) in [5.41, 5.74) is 8.05. The van der Waals surface area contributed by atoms with Gasteiger partial charge in [-0.2, -0.15) is 0 Å². The van der Waals surface area contributed by atoms with Gasteiger partial charge in [-0.15, -0.1) is 0 Å². The van der Waals surface area contributed by atoms with E-state index in [2.05, 4.69) is 0 Å². The molecule has 0 spiro atoms. The summed E-state index contributed by atoms with van der Waals surface area (Å²) in [6.07, 6.45) is 1.30. The lowest BCUT2D eigenvalue weighted by atomic mass is 10.1. The summed E-state index contributed by atoms with van der Waals surface area (Å²) in [4.78, 5) is 11.2. The summed E-state index contributed by atoms with van der Waals surface area (Å²) >= 11 is 0. The number of aryl methyl sites for hydroxylation is 2. The first-order chi connectivity index (χ1) is 11.2. The Bertz CT molecular complexity index is 900. The van der Waals surface area contributed by atoms with Crippen LogP contribution in [0.4, 0.5) is 4.39 Å². The molecule has 2 rings (SSSR count). The molecule has 0 saturated heterocycles. The second-order valence-corrected chi connectivity index (χ2v) is 7.58. The van der Waals surface area contributed by atoms with Gasteiger partial charge in [0, 0.05) is 0 Å². The molecule has 2 aromatic rings. The van der Waals surface area contributed by atoms with Gasteiger partial charge in [0.2, 0.25) is 0 Å². The number of amides is 1. The minimum Gasteiger partial charge on any atom is -0.365 e. The molecular weight excluding hydrogens is 329 g/mol. The molecule has 2 aromatic carbocycles. The van der Waals surface area contributed by atoms with Crippen molar-refractivity contribution in [3.8, 4) is 0 Å². The topological polar surface area (TPSA) is 77.2 Å². The van der Waals surface area contributed by atoms with Crippen LogP contribution < -0.4 is 5.73 Å². The number of hydrogen-bond donors (Lipinski definition) is 1. The molecule has 4 nitrogen and oxygen atoms in total. The fourth-order valence-electron chi connectivity index (χ4n) is 2.25. The van der Waals surface area contributed by atoms with Gasteiger partial charge in [0.1, 0.15) is 10.7 Å². The van der Waals surface area contributed by atoms with Crippen LogP contribution in [0, 0.1) is 19.7 Å². The van der Waals surface area contributed by atoms with Crippen molar-refractivity contribution in [1.82, 2.24) is 0 Å². The largest absolute Gasteiger partial charge is 0.365 e. The van der Waals surface area contributed by atoms with E-state index in [-0.39, 0.29) is 0 Å². The number of sulfone groups is 1. The minimum atomic E-state index is -3.95. The first-order valence-electron chi connectivity index (χ1n) is 7.25. The normalized spacial score (nSPS) is 12.2. The van der Waals surface area contributed by atoms with Gasteiger partial charge in [-0.05, 0) is 48.7 Å². The van der Waals surface area contributed by atoms with E-state index in [1.807, 2.05) is 26.0 Å². The van der Waals surface area contributed by atoms with Gasteiger partial charge in [-0.25, -0.2) is 12.8 Å². The van der Waals surface area contributed by atoms with E-state index in [0.29, 0.717) is 11.1 Å². The van der Waals surface area contributed by atoms with Crippen LogP contribution in [0.25, 0.3) is 6.08 Å². The Kier molecular flexibility index (Phi) is 5.19. The summed E-state index contributed by atoms with van der Waals surface area (Å²) < 4.78 is 38.1. The molecule has 0 aliphatic rings. The maximum absolute atomic E-state index is 12.9. The molecule has 0 aliphatic heterocycles. The van der Waals surface area contributed by atoms with Crippen LogP contribution in [0.15, 0.2) is 47.4 Å². The number of primary amides is 1. The second kappa shape index (κ2) is 6.97. The molecule has 0 fully saturated rings. The quantitative estimate of drug-likeness (QED) is 0.845. The van der Waals surface area contributed by atoms with E-state index in [9.17, 15) is 17.6 Å². The first-order valence-corrected chi connectivity index (χ1v) is 8.90. The van der Waals surface area contributed by atoms with Gasteiger partial charge in [-0.1, -0.05) is 35.9 Å². The van der Waals surface area contributed by atoms with Crippen LogP contribution in [-0.4, -0.2) is 14.3 Å². The maximum atomic E-state index is 12.9. The standard InChI is InChI=1S/C18H18FNO3S/c1-12-3-4-13(2)15(9-12)10-17(18(20)21)24(22,23)11-14-5-7-16(19)8-6-14/h3-10H,11H2,1-2H3,(H2,20,21)/b17-10+. The van der Waals surface area contributed by atoms with Gasteiger partial charge < -0.3 is 5.73 Å². The Labute approximate surface area is 140 Å². The van der Waals surface area contributed by atoms with Crippen LogP contribution in [0.1, 0.15) is 22.3 Å². The SMILES string of the molecule is Cc1ccc(C)c(/C=C(\C(N)=O)S(=O)(=O)Cc2ccc(F)cc2)c1. The second-order valence-electron chi connectivity index (χ2n) is 5.62. The van der Waals surface area contributed by atoms with Crippen LogP contribution in [0.5, 0.6) is 0 Å². The zero-order chi connectivity index (χ0) is 17.9. The van der Waals surface area contributed by atoms with Gasteiger partial charge in [0.05, 0.1) is 5.75 Å². The van der Waals surface area contributed by atoms with E-state index in [4.69, 9.17) is 5.73 Å². The molecule has 0 radical (unpaired) electrons. The predicted octanol–water partition coefficient (Wildman–Crippen LogP) is 2.88. The van der Waals surface area contributed by atoms with Gasteiger partial charge in [0.25, 0.3) is 5.91 Å². The number of carbonyl (C=O) groups excluding carboxylic acids is 1. The highest BCUT2D eigenvalue weighted by Gasteiger charge is 2.24. The molecule has 1 amide bonds. The molecule has 0 atom stereocenters. The third-order valence-electron chi connectivity index (χ3n) is 3.57. The van der Waals surface area contributed by atoms with E-state index in [0.717, 1.165) is 11.1 Å². The van der Waals surface area contributed by atoms with Crippen molar-refractivity contribution < 1.29 is 17.6 Å². The van der Waals surface area contributed by atoms with Crippen LogP contribution in [-0.2, 0) is 20.4 Å². The Balaban J connectivity index is 2.45. The molecule has 6 heteroatoms. The summed E-state index contributed by atoms with van der Waals surface area (Å²) in [5, 5.41) is 0. The van der Waals surface area contributed by atoms with Crippen LogP contribution in [0.3, 0.4) is 0 Å². The summed E-state index contributed by atoms with van der Waals surface area (Å²) in [6.45, 7) is 3.68. The summed E-state index contributed by atoms with van der Waals surface area (Å²) in [5.74, 6) is -1.90. The smallest absolute Gasteiger partial charge is 0.260 e. The molecule has 0 saturated carbocycles. The molecule has 126 valence electrons. The molecule has 0 aromatic heterocycles. The highest BCUT2D eigenvalue weighted by molar-refractivity contribution is 7.95. The number of nitrogens with two attached hydrogens (primary N) is 1. The van der Waals surface area contributed by atoms with Crippen LogP contribution >= 0.6 is 0 Å². The van der Waals surface area contributed by atoms with Crippen molar-refractivity contribution >= 4 is 21.8 Å². The monoisotopic (exact) mass is 347 g/mol. The number of hydrogen-bond acceptors (Lipinski definition) is 3. The third-order valence-corrected chi connectivity index (χ3v) is 5.27. The molecule has 2 N–H and O–H groups in total. The Hall–Kier alpha value is -2.47. The van der Waals surface area contributed by atoms with Crippen molar-refractivity contribution in [2.75, 3.05) is 0 Å². The molecule has 0 aliphatic carbocycles. The zero-order valence-electron chi connectivity index (χ0n) is 13.4. The van der Waals surface area contributed by atoms with Gasteiger partial charge >= 0.3 is 0 Å². The number of rotatable bonds is 5. The average Bonchev–Trinajstić information content (AvgIpc) is 2.49. The van der Waals surface area contributed by atoms with Crippen molar-refractivity contribution in [3.05, 3.63) is 75.4 Å². The van der Waals surface area contributed by atoms with E-state index < -0.39 is 32.2 Å². The summed E-state index contributed by atoms with van der Waals surface area (Å²) in [6, 6.07) is 10.6. The highest BCUT2D eigenvalue weighted by Crippen LogP contribution is 2.20. The summed E-state index contributed by atoms with van der Waals surface area (Å²) in [7, 11) is -3.95. The Morgan fingerprint density at radius 2 is 1.75 bits per heavy atom. The predicted molar refractivity (Wildman–Crippen MR) is 92.1 cm³/mol. The highest BCUT2D eigenvalue weighted by atomic mass is 32.2. The number of benzene rings is 2. The third kappa shape index (κ3) is 4.29. The van der Waals surface area contributed by atoms with E-state index in [1.54, 1.807) is 6.07 Å². The lowest BCUT2D eigenvalue weighted by Crippen LogP contribution is -2.22. The lowest BCUT2D eigenvalue weighted by molar-refractivity contribution is -0.113. The Morgan fingerprint density at radius 3 is 2.33 bits per heavy atom. The van der Waals surface area contributed by atoms with Crippen molar-refractivity contribution in [1.29, 1.82) is 0 Å². The zero-order valence-corrected chi connectivity index (χ0v) is 14.2. The van der Waals surface area contributed by atoms with Crippen LogP contribution in [0.2, 0.25) is 0 Å². The lowest BCUT2D eigenvalue weighted by Gasteiger charge is -2.08. The van der Waals surface area contributed by atoms with E-state index in [1.165, 1.54) is 30.3 Å². The molecule has 0 heterocycles. The minimum absolute atomic E-state index is 0.379. The fourth-order valence-corrected chi connectivity index (χ4v) is 3.65. The number of halogens is 1. The molecule has 0 unspecified atom stereocenters.